The Kier molecular flexibility index (Phi) is 5.04. The number of likely N-dealkylation sites (tertiary alicyclic amines) is 1. The van der Waals surface area contributed by atoms with E-state index in [4.69, 9.17) is 0 Å². The van der Waals surface area contributed by atoms with Crippen molar-refractivity contribution in [1.29, 1.82) is 0 Å². The van der Waals surface area contributed by atoms with Gasteiger partial charge in [-0.25, -0.2) is 0 Å². The Balaban J connectivity index is 2.22. The summed E-state index contributed by atoms with van der Waals surface area (Å²) in [6.45, 7) is 10.2. The van der Waals surface area contributed by atoms with Crippen molar-refractivity contribution in [2.24, 2.45) is 5.92 Å². The minimum atomic E-state index is 0.177. The molecule has 1 heterocycles. The molecule has 1 N–H and O–H groups in total. The molecule has 1 fully saturated rings. The van der Waals surface area contributed by atoms with Crippen LogP contribution in [-0.2, 0) is 4.79 Å². The lowest BCUT2D eigenvalue weighted by Gasteiger charge is -2.34. The Morgan fingerprint density at radius 2 is 1.90 bits per heavy atom. The number of hydrogen-bond acceptors (Lipinski definition) is 2. The van der Waals surface area contributed by atoms with Crippen LogP contribution in [0.4, 0.5) is 0 Å². The van der Waals surface area contributed by atoms with Crippen LogP contribution in [0.3, 0.4) is 0 Å². The minimum Gasteiger partial charge on any atom is -0.341 e. The van der Waals surface area contributed by atoms with E-state index in [1.807, 2.05) is 18.9 Å². The van der Waals surface area contributed by atoms with E-state index in [1.165, 1.54) is 22.3 Å². The number of rotatable bonds is 4. The lowest BCUT2D eigenvalue weighted by molar-refractivity contribution is -0.138. The fourth-order valence-corrected chi connectivity index (χ4v) is 3.60. The normalized spacial score (nSPS) is 20.7. The van der Waals surface area contributed by atoms with E-state index in [0.717, 1.165) is 25.9 Å². The second kappa shape index (κ2) is 6.61. The number of nitrogens with one attached hydrogen (secondary N) is 1. The first kappa shape index (κ1) is 16.0. The number of nitrogens with zero attached hydrogens (tertiary/aromatic N) is 1. The van der Waals surface area contributed by atoms with Gasteiger partial charge >= 0.3 is 0 Å². The van der Waals surface area contributed by atoms with Gasteiger partial charge in [-0.15, -0.1) is 0 Å². The highest BCUT2D eigenvalue weighted by Gasteiger charge is 2.28. The number of benzene rings is 1. The smallest absolute Gasteiger partial charge is 0.225 e. The zero-order chi connectivity index (χ0) is 15.6. The third kappa shape index (κ3) is 3.46. The molecule has 1 aliphatic rings. The number of carbonyl (C=O) groups is 1. The molecular weight excluding hydrogens is 260 g/mol. The summed E-state index contributed by atoms with van der Waals surface area (Å²) in [4.78, 5) is 14.4. The monoisotopic (exact) mass is 288 g/mol. The van der Waals surface area contributed by atoms with E-state index in [-0.39, 0.29) is 12.0 Å². The number of amides is 1. The van der Waals surface area contributed by atoms with Crippen molar-refractivity contribution in [2.45, 2.75) is 46.6 Å². The fraction of sp³-hybridized carbons (Fsp3) is 0.611. The SMILES string of the molecule is CNC(CN1CCCC(C)C1=O)c1c(C)cc(C)cc1C. The molecule has 1 aliphatic heterocycles. The lowest BCUT2D eigenvalue weighted by atomic mass is 9.92. The fourth-order valence-electron chi connectivity index (χ4n) is 3.60. The van der Waals surface area contributed by atoms with Crippen LogP contribution in [0.15, 0.2) is 12.1 Å². The molecule has 1 amide bonds. The lowest BCUT2D eigenvalue weighted by Crippen LogP contribution is -2.44. The third-order valence-electron chi connectivity index (χ3n) is 4.64. The zero-order valence-electron chi connectivity index (χ0n) is 14.0. The van der Waals surface area contributed by atoms with Gasteiger partial charge in [0.25, 0.3) is 0 Å². The van der Waals surface area contributed by atoms with E-state index in [1.54, 1.807) is 0 Å². The molecule has 3 nitrogen and oxygen atoms in total. The number of aryl methyl sites for hydroxylation is 3. The van der Waals surface area contributed by atoms with Gasteiger partial charge in [0, 0.05) is 19.0 Å². The van der Waals surface area contributed by atoms with Crippen molar-refractivity contribution in [3.8, 4) is 0 Å². The van der Waals surface area contributed by atoms with E-state index in [0.29, 0.717) is 5.91 Å². The van der Waals surface area contributed by atoms with Gasteiger partial charge in [-0.1, -0.05) is 24.6 Å². The molecule has 0 bridgehead atoms. The maximum absolute atomic E-state index is 12.3. The van der Waals surface area contributed by atoms with Crippen molar-refractivity contribution in [1.82, 2.24) is 10.2 Å². The predicted molar refractivity (Wildman–Crippen MR) is 87.4 cm³/mol. The van der Waals surface area contributed by atoms with Crippen LogP contribution >= 0.6 is 0 Å². The molecule has 2 atom stereocenters. The summed E-state index contributed by atoms with van der Waals surface area (Å²) in [6.07, 6.45) is 2.15. The number of likely N-dealkylation sites (N-methyl/N-ethyl adjacent to an activating group) is 1. The van der Waals surface area contributed by atoms with Crippen molar-refractivity contribution in [2.75, 3.05) is 20.1 Å². The molecule has 3 heteroatoms. The van der Waals surface area contributed by atoms with Gasteiger partial charge in [0.1, 0.15) is 0 Å². The molecule has 116 valence electrons. The summed E-state index contributed by atoms with van der Waals surface area (Å²) >= 11 is 0. The summed E-state index contributed by atoms with van der Waals surface area (Å²) in [6, 6.07) is 4.67. The first-order chi connectivity index (χ1) is 9.93. The molecule has 1 saturated heterocycles. The second-order valence-corrected chi connectivity index (χ2v) is 6.48. The van der Waals surface area contributed by atoms with E-state index in [2.05, 4.69) is 38.2 Å². The molecule has 0 aliphatic carbocycles. The standard InChI is InChI=1S/C18H28N2O/c1-12-9-14(3)17(15(4)10-12)16(19-5)11-20-8-6-7-13(2)18(20)21/h9-10,13,16,19H,6-8,11H2,1-5H3. The molecule has 0 aromatic heterocycles. The highest BCUT2D eigenvalue weighted by molar-refractivity contribution is 5.79. The quantitative estimate of drug-likeness (QED) is 0.923. The Labute approximate surface area is 128 Å². The van der Waals surface area contributed by atoms with E-state index < -0.39 is 0 Å². The molecule has 0 saturated carbocycles. The van der Waals surface area contributed by atoms with Gasteiger partial charge < -0.3 is 10.2 Å². The minimum absolute atomic E-state index is 0.177. The first-order valence-electron chi connectivity index (χ1n) is 7.97. The van der Waals surface area contributed by atoms with Crippen LogP contribution in [0.25, 0.3) is 0 Å². The van der Waals surface area contributed by atoms with Crippen LogP contribution < -0.4 is 5.32 Å². The molecule has 0 radical (unpaired) electrons. The molecule has 2 rings (SSSR count). The number of piperidine rings is 1. The average Bonchev–Trinajstić information content (AvgIpc) is 2.41. The average molecular weight is 288 g/mol. The van der Waals surface area contributed by atoms with Gasteiger partial charge in [0.15, 0.2) is 0 Å². The van der Waals surface area contributed by atoms with Crippen molar-refractivity contribution < 1.29 is 4.79 Å². The van der Waals surface area contributed by atoms with Gasteiger partial charge in [-0.2, -0.15) is 0 Å². The van der Waals surface area contributed by atoms with Crippen LogP contribution in [0.1, 0.15) is 48.1 Å². The van der Waals surface area contributed by atoms with Crippen LogP contribution in [0.2, 0.25) is 0 Å². The Morgan fingerprint density at radius 1 is 1.29 bits per heavy atom. The zero-order valence-corrected chi connectivity index (χ0v) is 14.0. The van der Waals surface area contributed by atoms with E-state index in [9.17, 15) is 4.79 Å². The second-order valence-electron chi connectivity index (χ2n) is 6.48. The predicted octanol–water partition coefficient (Wildman–Crippen LogP) is 3.13. The van der Waals surface area contributed by atoms with E-state index >= 15 is 0 Å². The van der Waals surface area contributed by atoms with Gasteiger partial charge in [-0.05, 0) is 57.4 Å². The molecule has 1 aromatic carbocycles. The molecule has 1 aromatic rings. The Bertz CT molecular complexity index is 501. The van der Waals surface area contributed by atoms with Crippen LogP contribution in [0, 0.1) is 26.7 Å². The number of hydrogen-bond donors (Lipinski definition) is 1. The summed E-state index contributed by atoms with van der Waals surface area (Å²) in [5.41, 5.74) is 5.26. The largest absolute Gasteiger partial charge is 0.341 e. The molecule has 2 unspecified atom stereocenters. The van der Waals surface area contributed by atoms with Gasteiger partial charge in [0.2, 0.25) is 5.91 Å². The number of carbonyl (C=O) groups excluding carboxylic acids is 1. The van der Waals surface area contributed by atoms with Crippen LogP contribution in [-0.4, -0.2) is 30.9 Å². The first-order valence-corrected chi connectivity index (χ1v) is 7.97. The molecular formula is C18H28N2O. The summed E-state index contributed by atoms with van der Waals surface area (Å²) in [5, 5.41) is 3.41. The van der Waals surface area contributed by atoms with Gasteiger partial charge in [-0.3, -0.25) is 4.79 Å². The molecule has 21 heavy (non-hydrogen) atoms. The van der Waals surface area contributed by atoms with Crippen LogP contribution in [0.5, 0.6) is 0 Å². The highest BCUT2D eigenvalue weighted by atomic mass is 16.2. The summed E-state index contributed by atoms with van der Waals surface area (Å²) in [5.74, 6) is 0.486. The maximum Gasteiger partial charge on any atom is 0.225 e. The van der Waals surface area contributed by atoms with Gasteiger partial charge in [0.05, 0.1) is 6.04 Å². The van der Waals surface area contributed by atoms with Crippen molar-refractivity contribution in [3.05, 3.63) is 34.4 Å². The summed E-state index contributed by atoms with van der Waals surface area (Å²) < 4.78 is 0. The highest BCUT2D eigenvalue weighted by Crippen LogP contribution is 2.26. The van der Waals surface area contributed by atoms with Crippen molar-refractivity contribution in [3.63, 3.8) is 0 Å². The Morgan fingerprint density at radius 3 is 2.48 bits per heavy atom. The Hall–Kier alpha value is -1.35. The summed E-state index contributed by atoms with van der Waals surface area (Å²) in [7, 11) is 1.99. The molecule has 0 spiro atoms. The van der Waals surface area contributed by atoms with Crippen molar-refractivity contribution >= 4 is 5.91 Å². The topological polar surface area (TPSA) is 32.3 Å². The third-order valence-corrected chi connectivity index (χ3v) is 4.64. The maximum atomic E-state index is 12.3.